The molecule has 0 aliphatic carbocycles. The first-order chi connectivity index (χ1) is 8.70. The predicted molar refractivity (Wildman–Crippen MR) is 76.4 cm³/mol. The number of rotatable bonds is 4. The Balaban J connectivity index is 2.11. The molecule has 18 heavy (non-hydrogen) atoms. The number of piperidine rings is 1. The molecule has 2 rings (SSSR count). The van der Waals surface area contributed by atoms with Crippen LogP contribution in [0.3, 0.4) is 0 Å². The molecule has 1 aliphatic heterocycles. The number of nitrogens with one attached hydrogen (secondary N) is 1. The zero-order valence-corrected chi connectivity index (χ0v) is 11.8. The number of hydrogen-bond acceptors (Lipinski definition) is 2. The van der Waals surface area contributed by atoms with Gasteiger partial charge >= 0.3 is 0 Å². The van der Waals surface area contributed by atoms with E-state index in [-0.39, 0.29) is 0 Å². The summed E-state index contributed by atoms with van der Waals surface area (Å²) in [4.78, 5) is 0. The maximum Gasteiger partial charge on any atom is 0.122 e. The molecule has 1 unspecified atom stereocenters. The first-order valence-electron chi connectivity index (χ1n) is 7.08. The van der Waals surface area contributed by atoms with Crippen LogP contribution in [0.25, 0.3) is 0 Å². The van der Waals surface area contributed by atoms with E-state index in [1.54, 1.807) is 7.11 Å². The van der Waals surface area contributed by atoms with E-state index < -0.39 is 0 Å². The van der Waals surface area contributed by atoms with Gasteiger partial charge in [0.1, 0.15) is 5.75 Å². The van der Waals surface area contributed by atoms with Gasteiger partial charge < -0.3 is 10.1 Å². The third-order valence-corrected chi connectivity index (χ3v) is 3.89. The summed E-state index contributed by atoms with van der Waals surface area (Å²) >= 11 is 0. The fourth-order valence-electron chi connectivity index (χ4n) is 2.70. The molecule has 1 atom stereocenters. The highest BCUT2D eigenvalue weighted by Crippen LogP contribution is 2.28. The van der Waals surface area contributed by atoms with Crippen LogP contribution in [0.15, 0.2) is 18.2 Å². The maximum atomic E-state index is 5.56. The van der Waals surface area contributed by atoms with Gasteiger partial charge in [0, 0.05) is 0 Å². The lowest BCUT2D eigenvalue weighted by molar-refractivity contribution is 0.364. The lowest BCUT2D eigenvalue weighted by Crippen LogP contribution is -2.30. The third-order valence-electron chi connectivity index (χ3n) is 3.89. The zero-order chi connectivity index (χ0) is 13.0. The first kappa shape index (κ1) is 13.4. The number of benzene rings is 1. The Morgan fingerprint density at radius 2 is 2.22 bits per heavy atom. The highest BCUT2D eigenvalue weighted by molar-refractivity contribution is 5.39. The van der Waals surface area contributed by atoms with Crippen LogP contribution in [0.5, 0.6) is 5.75 Å². The SMILES string of the molecule is COc1cc(C(C)C)ccc1CC1CCCNC1. The molecule has 100 valence electrons. The van der Waals surface area contributed by atoms with Gasteiger partial charge in [-0.2, -0.15) is 0 Å². The summed E-state index contributed by atoms with van der Waals surface area (Å²) in [5.74, 6) is 2.38. The number of methoxy groups -OCH3 is 1. The monoisotopic (exact) mass is 247 g/mol. The normalized spacial score (nSPS) is 20.1. The minimum absolute atomic E-state index is 0.560. The Morgan fingerprint density at radius 3 is 2.83 bits per heavy atom. The van der Waals surface area contributed by atoms with Gasteiger partial charge in [0.25, 0.3) is 0 Å². The van der Waals surface area contributed by atoms with Crippen molar-refractivity contribution in [1.82, 2.24) is 5.32 Å². The van der Waals surface area contributed by atoms with Crippen molar-refractivity contribution in [2.45, 2.75) is 39.0 Å². The van der Waals surface area contributed by atoms with Crippen LogP contribution < -0.4 is 10.1 Å². The second-order valence-electron chi connectivity index (χ2n) is 5.64. The molecule has 0 radical (unpaired) electrons. The number of hydrogen-bond donors (Lipinski definition) is 1. The standard InChI is InChI=1S/C16H25NO/c1-12(2)14-6-7-15(16(10-14)18-3)9-13-5-4-8-17-11-13/h6-7,10,12-13,17H,4-5,8-9,11H2,1-3H3. The van der Waals surface area contributed by atoms with Gasteiger partial charge in [0.15, 0.2) is 0 Å². The fraction of sp³-hybridized carbons (Fsp3) is 0.625. The van der Waals surface area contributed by atoms with Crippen LogP contribution in [-0.2, 0) is 6.42 Å². The summed E-state index contributed by atoms with van der Waals surface area (Å²) in [5, 5.41) is 3.48. The molecule has 1 fully saturated rings. The van der Waals surface area contributed by atoms with E-state index >= 15 is 0 Å². The van der Waals surface area contributed by atoms with Crippen molar-refractivity contribution in [3.8, 4) is 5.75 Å². The van der Waals surface area contributed by atoms with Gasteiger partial charge in [-0.05, 0) is 61.4 Å². The molecule has 0 saturated carbocycles. The largest absolute Gasteiger partial charge is 0.496 e. The van der Waals surface area contributed by atoms with E-state index in [2.05, 4.69) is 37.4 Å². The lowest BCUT2D eigenvalue weighted by atomic mass is 9.90. The van der Waals surface area contributed by atoms with Crippen molar-refractivity contribution >= 4 is 0 Å². The molecule has 0 spiro atoms. The van der Waals surface area contributed by atoms with Crippen LogP contribution in [0, 0.1) is 5.92 Å². The summed E-state index contributed by atoms with van der Waals surface area (Å²) in [7, 11) is 1.78. The van der Waals surface area contributed by atoms with Gasteiger partial charge in [0.2, 0.25) is 0 Å². The van der Waals surface area contributed by atoms with Gasteiger partial charge in [-0.15, -0.1) is 0 Å². The molecule has 1 saturated heterocycles. The van der Waals surface area contributed by atoms with E-state index in [9.17, 15) is 0 Å². The fourth-order valence-corrected chi connectivity index (χ4v) is 2.70. The van der Waals surface area contributed by atoms with Crippen LogP contribution in [-0.4, -0.2) is 20.2 Å². The topological polar surface area (TPSA) is 21.3 Å². The quantitative estimate of drug-likeness (QED) is 0.881. The maximum absolute atomic E-state index is 5.56. The average molecular weight is 247 g/mol. The van der Waals surface area contributed by atoms with Gasteiger partial charge in [-0.3, -0.25) is 0 Å². The number of ether oxygens (including phenoxy) is 1. The summed E-state index contributed by atoms with van der Waals surface area (Å²) in [6.07, 6.45) is 3.77. The average Bonchev–Trinajstić information content (AvgIpc) is 2.40. The van der Waals surface area contributed by atoms with Crippen molar-refractivity contribution in [2.75, 3.05) is 20.2 Å². The molecular weight excluding hydrogens is 222 g/mol. The van der Waals surface area contributed by atoms with Crippen LogP contribution in [0.4, 0.5) is 0 Å². The molecule has 2 nitrogen and oxygen atoms in total. The first-order valence-corrected chi connectivity index (χ1v) is 7.08. The van der Waals surface area contributed by atoms with Crippen LogP contribution in [0.1, 0.15) is 43.7 Å². The molecule has 2 heteroatoms. The third kappa shape index (κ3) is 3.26. The Kier molecular flexibility index (Phi) is 4.65. The molecule has 1 aromatic carbocycles. The molecule has 1 heterocycles. The second-order valence-corrected chi connectivity index (χ2v) is 5.64. The summed E-state index contributed by atoms with van der Waals surface area (Å²) in [5.41, 5.74) is 2.72. The summed E-state index contributed by atoms with van der Waals surface area (Å²) < 4.78 is 5.56. The van der Waals surface area contributed by atoms with E-state index in [4.69, 9.17) is 4.74 Å². The van der Waals surface area contributed by atoms with Crippen molar-refractivity contribution in [1.29, 1.82) is 0 Å². The molecular formula is C16H25NO. The van der Waals surface area contributed by atoms with Gasteiger partial charge in [0.05, 0.1) is 7.11 Å². The molecule has 0 amide bonds. The summed E-state index contributed by atoms with van der Waals surface area (Å²) in [6, 6.07) is 6.71. The highest BCUT2D eigenvalue weighted by atomic mass is 16.5. The van der Waals surface area contributed by atoms with Crippen LogP contribution in [0.2, 0.25) is 0 Å². The van der Waals surface area contributed by atoms with Gasteiger partial charge in [-0.1, -0.05) is 26.0 Å². The van der Waals surface area contributed by atoms with E-state index in [0.29, 0.717) is 5.92 Å². The molecule has 0 bridgehead atoms. The zero-order valence-electron chi connectivity index (χ0n) is 11.8. The van der Waals surface area contributed by atoms with E-state index in [1.165, 1.54) is 30.5 Å². The molecule has 1 aliphatic rings. The predicted octanol–water partition coefficient (Wildman–Crippen LogP) is 3.36. The molecule has 0 aromatic heterocycles. The highest BCUT2D eigenvalue weighted by Gasteiger charge is 2.16. The Bertz CT molecular complexity index is 381. The van der Waals surface area contributed by atoms with Crippen molar-refractivity contribution in [3.63, 3.8) is 0 Å². The molecule has 1 aromatic rings. The minimum Gasteiger partial charge on any atom is -0.496 e. The summed E-state index contributed by atoms with van der Waals surface area (Å²) in [6.45, 7) is 6.77. The van der Waals surface area contributed by atoms with Crippen molar-refractivity contribution < 1.29 is 4.74 Å². The Hall–Kier alpha value is -1.02. The minimum atomic E-state index is 0.560. The van der Waals surface area contributed by atoms with Gasteiger partial charge in [-0.25, -0.2) is 0 Å². The smallest absolute Gasteiger partial charge is 0.122 e. The van der Waals surface area contributed by atoms with E-state index in [1.807, 2.05) is 0 Å². The lowest BCUT2D eigenvalue weighted by Gasteiger charge is -2.23. The Morgan fingerprint density at radius 1 is 1.39 bits per heavy atom. The second kappa shape index (κ2) is 6.24. The molecule has 1 N–H and O–H groups in total. The van der Waals surface area contributed by atoms with E-state index in [0.717, 1.165) is 24.6 Å². The Labute approximate surface area is 111 Å². The van der Waals surface area contributed by atoms with Crippen molar-refractivity contribution in [3.05, 3.63) is 29.3 Å². The van der Waals surface area contributed by atoms with Crippen molar-refractivity contribution in [2.24, 2.45) is 5.92 Å². The van der Waals surface area contributed by atoms with Crippen LogP contribution >= 0.6 is 0 Å².